The molecule has 0 spiro atoms. The number of carbonyl (C=O) groups excluding carboxylic acids is 2. The number of benzene rings is 2. The van der Waals surface area contributed by atoms with Crippen LogP contribution in [0.3, 0.4) is 0 Å². The van der Waals surface area contributed by atoms with E-state index in [0.29, 0.717) is 5.56 Å². The van der Waals surface area contributed by atoms with Crippen molar-refractivity contribution in [2.75, 3.05) is 25.1 Å². The van der Waals surface area contributed by atoms with Crippen LogP contribution in [-0.4, -0.2) is 38.2 Å². The van der Waals surface area contributed by atoms with Crippen molar-refractivity contribution in [1.82, 2.24) is 10.6 Å². The quantitative estimate of drug-likeness (QED) is 0.808. The Bertz CT molecular complexity index is 906. The normalized spacial score (nSPS) is 19.0. The molecule has 30 heavy (non-hydrogen) atoms. The molecule has 6 heteroatoms. The van der Waals surface area contributed by atoms with Crippen LogP contribution < -0.4 is 15.5 Å². The monoisotopic (exact) mass is 407 g/mol. The standard InChI is InChI=1S/C24H29N3O3/c1-30-24(29)25-18-13-15-27(16-14-18)22-12-5-4-10-20(22)23(28)26-21-11-6-8-17-7-2-3-9-19(17)21/h2-5,7,9-10,12,18,21H,6,8,11,13-16H2,1H3,(H,25,29)(H,26,28)/t21-/m0/s1. The molecule has 1 heterocycles. The number of rotatable bonds is 4. The predicted molar refractivity (Wildman–Crippen MR) is 117 cm³/mol. The summed E-state index contributed by atoms with van der Waals surface area (Å²) in [4.78, 5) is 26.9. The topological polar surface area (TPSA) is 70.7 Å². The highest BCUT2D eigenvalue weighted by Gasteiger charge is 2.26. The summed E-state index contributed by atoms with van der Waals surface area (Å²) in [5.41, 5.74) is 4.24. The number of carbonyl (C=O) groups is 2. The summed E-state index contributed by atoms with van der Waals surface area (Å²) in [7, 11) is 1.38. The summed E-state index contributed by atoms with van der Waals surface area (Å²) in [6.45, 7) is 1.57. The van der Waals surface area contributed by atoms with E-state index >= 15 is 0 Å². The molecule has 4 rings (SSSR count). The number of para-hydroxylation sites is 1. The lowest BCUT2D eigenvalue weighted by Gasteiger charge is -2.35. The molecule has 158 valence electrons. The zero-order chi connectivity index (χ0) is 20.9. The highest BCUT2D eigenvalue weighted by molar-refractivity contribution is 6.00. The Hall–Kier alpha value is -3.02. The number of methoxy groups -OCH3 is 1. The molecule has 0 bridgehead atoms. The first-order chi connectivity index (χ1) is 14.7. The molecule has 0 radical (unpaired) electrons. The number of aryl methyl sites for hydroxylation is 1. The molecular formula is C24H29N3O3. The van der Waals surface area contributed by atoms with Crippen LogP contribution in [0.15, 0.2) is 48.5 Å². The van der Waals surface area contributed by atoms with Gasteiger partial charge in [0.1, 0.15) is 0 Å². The van der Waals surface area contributed by atoms with Gasteiger partial charge in [-0.25, -0.2) is 4.79 Å². The van der Waals surface area contributed by atoms with E-state index in [9.17, 15) is 9.59 Å². The summed E-state index contributed by atoms with van der Waals surface area (Å²) in [5.74, 6) is -0.0258. The minimum absolute atomic E-state index is 0.0258. The zero-order valence-corrected chi connectivity index (χ0v) is 17.4. The van der Waals surface area contributed by atoms with Crippen molar-refractivity contribution in [3.63, 3.8) is 0 Å². The maximum atomic E-state index is 13.2. The minimum Gasteiger partial charge on any atom is -0.453 e. The van der Waals surface area contributed by atoms with Gasteiger partial charge in [0, 0.05) is 24.8 Å². The molecule has 0 unspecified atom stereocenters. The smallest absolute Gasteiger partial charge is 0.407 e. The van der Waals surface area contributed by atoms with Crippen LogP contribution in [0.4, 0.5) is 10.5 Å². The van der Waals surface area contributed by atoms with Crippen LogP contribution in [0.1, 0.15) is 53.2 Å². The Kier molecular flexibility index (Phi) is 6.21. The van der Waals surface area contributed by atoms with Crippen molar-refractivity contribution < 1.29 is 14.3 Å². The van der Waals surface area contributed by atoms with E-state index in [1.807, 2.05) is 30.3 Å². The van der Waals surface area contributed by atoms with Crippen LogP contribution in [0.25, 0.3) is 0 Å². The maximum Gasteiger partial charge on any atom is 0.407 e. The van der Waals surface area contributed by atoms with Crippen molar-refractivity contribution in [3.05, 3.63) is 65.2 Å². The summed E-state index contributed by atoms with van der Waals surface area (Å²) >= 11 is 0. The Balaban J connectivity index is 1.45. The maximum absolute atomic E-state index is 13.2. The van der Waals surface area contributed by atoms with Crippen molar-refractivity contribution in [1.29, 1.82) is 0 Å². The third-order valence-electron chi connectivity index (χ3n) is 6.17. The average Bonchev–Trinajstić information content (AvgIpc) is 2.80. The van der Waals surface area contributed by atoms with Gasteiger partial charge in [-0.2, -0.15) is 0 Å². The number of alkyl carbamates (subject to hydrolysis) is 1. The fourth-order valence-corrected chi connectivity index (χ4v) is 4.57. The van der Waals surface area contributed by atoms with E-state index in [1.54, 1.807) is 0 Å². The highest BCUT2D eigenvalue weighted by atomic mass is 16.5. The van der Waals surface area contributed by atoms with Crippen molar-refractivity contribution in [2.24, 2.45) is 0 Å². The molecule has 1 fully saturated rings. The molecule has 2 aromatic rings. The zero-order valence-electron chi connectivity index (χ0n) is 17.4. The van der Waals surface area contributed by atoms with Gasteiger partial charge in [0.05, 0.1) is 18.7 Å². The lowest BCUT2D eigenvalue weighted by molar-refractivity contribution is 0.0933. The SMILES string of the molecule is COC(=O)NC1CCN(c2ccccc2C(=O)N[C@H]2CCCc3ccccc32)CC1. The van der Waals surface area contributed by atoms with E-state index in [-0.39, 0.29) is 24.1 Å². The molecule has 2 amide bonds. The third kappa shape index (κ3) is 4.42. The summed E-state index contributed by atoms with van der Waals surface area (Å²) < 4.78 is 4.70. The van der Waals surface area contributed by atoms with Crippen LogP contribution in [-0.2, 0) is 11.2 Å². The van der Waals surface area contributed by atoms with Crippen molar-refractivity contribution in [2.45, 2.75) is 44.2 Å². The van der Waals surface area contributed by atoms with Gasteiger partial charge in [-0.1, -0.05) is 36.4 Å². The second-order valence-corrected chi connectivity index (χ2v) is 8.03. The molecule has 1 aliphatic carbocycles. The molecule has 1 saturated heterocycles. The first kappa shape index (κ1) is 20.3. The Labute approximate surface area is 177 Å². The number of nitrogens with zero attached hydrogens (tertiary/aromatic N) is 1. The molecule has 1 aliphatic heterocycles. The minimum atomic E-state index is -0.388. The van der Waals surface area contributed by atoms with Gasteiger partial charge in [-0.05, 0) is 55.4 Å². The number of amides is 2. The van der Waals surface area contributed by atoms with Gasteiger partial charge >= 0.3 is 6.09 Å². The number of anilines is 1. The van der Waals surface area contributed by atoms with E-state index in [4.69, 9.17) is 4.74 Å². The number of ether oxygens (including phenoxy) is 1. The average molecular weight is 408 g/mol. The van der Waals surface area contributed by atoms with E-state index in [1.165, 1.54) is 18.2 Å². The molecule has 0 aromatic heterocycles. The number of hydrogen-bond donors (Lipinski definition) is 2. The fraction of sp³-hybridized carbons (Fsp3) is 0.417. The van der Waals surface area contributed by atoms with E-state index in [2.05, 4.69) is 33.7 Å². The third-order valence-corrected chi connectivity index (χ3v) is 6.17. The van der Waals surface area contributed by atoms with Gasteiger partial charge in [-0.3, -0.25) is 4.79 Å². The molecule has 2 aromatic carbocycles. The number of hydrogen-bond acceptors (Lipinski definition) is 4. The van der Waals surface area contributed by atoms with Gasteiger partial charge in [-0.15, -0.1) is 0 Å². The predicted octanol–water partition coefficient (Wildman–Crippen LogP) is 3.82. The van der Waals surface area contributed by atoms with Gasteiger partial charge < -0.3 is 20.3 Å². The van der Waals surface area contributed by atoms with Gasteiger partial charge in [0.25, 0.3) is 5.91 Å². The second kappa shape index (κ2) is 9.20. The number of piperidine rings is 1. The summed E-state index contributed by atoms with van der Waals surface area (Å²) in [5, 5.41) is 6.15. The van der Waals surface area contributed by atoms with Gasteiger partial charge in [0.2, 0.25) is 0 Å². The fourth-order valence-electron chi connectivity index (χ4n) is 4.57. The Morgan fingerprint density at radius 2 is 1.70 bits per heavy atom. The van der Waals surface area contributed by atoms with Gasteiger partial charge in [0.15, 0.2) is 0 Å². The highest BCUT2D eigenvalue weighted by Crippen LogP contribution is 2.31. The largest absolute Gasteiger partial charge is 0.453 e. The molecule has 1 atom stereocenters. The van der Waals surface area contributed by atoms with Crippen molar-refractivity contribution in [3.8, 4) is 0 Å². The molecule has 0 saturated carbocycles. The molecular weight excluding hydrogens is 378 g/mol. The van der Waals surface area contributed by atoms with Crippen LogP contribution in [0.2, 0.25) is 0 Å². The molecule has 6 nitrogen and oxygen atoms in total. The van der Waals surface area contributed by atoms with Crippen LogP contribution >= 0.6 is 0 Å². The lowest BCUT2D eigenvalue weighted by Crippen LogP contribution is -2.45. The van der Waals surface area contributed by atoms with Crippen LogP contribution in [0, 0.1) is 0 Å². The number of fused-ring (bicyclic) bond motifs is 1. The number of nitrogens with one attached hydrogen (secondary N) is 2. The molecule has 2 N–H and O–H groups in total. The summed E-state index contributed by atoms with van der Waals surface area (Å²) in [6, 6.07) is 16.4. The summed E-state index contributed by atoms with van der Waals surface area (Å²) in [6.07, 6.45) is 4.39. The van der Waals surface area contributed by atoms with E-state index < -0.39 is 0 Å². The van der Waals surface area contributed by atoms with Crippen LogP contribution in [0.5, 0.6) is 0 Å². The first-order valence-electron chi connectivity index (χ1n) is 10.7. The van der Waals surface area contributed by atoms with E-state index in [0.717, 1.165) is 50.9 Å². The Morgan fingerprint density at radius 3 is 2.50 bits per heavy atom. The second-order valence-electron chi connectivity index (χ2n) is 8.03. The first-order valence-corrected chi connectivity index (χ1v) is 10.7. The molecule has 2 aliphatic rings. The Morgan fingerprint density at radius 1 is 0.967 bits per heavy atom. The van der Waals surface area contributed by atoms with Crippen molar-refractivity contribution >= 4 is 17.7 Å². The lowest BCUT2D eigenvalue weighted by atomic mass is 9.87.